The molecule has 1 aromatic rings. The van der Waals surface area contributed by atoms with Gasteiger partial charge >= 0.3 is 0 Å². The molecule has 1 amide bonds. The minimum Gasteiger partial charge on any atom is -0.358 e. The monoisotopic (exact) mass is 178 g/mol. The van der Waals surface area contributed by atoms with Gasteiger partial charge in [-0.3, -0.25) is 9.78 Å². The zero-order valence-electron chi connectivity index (χ0n) is 8.16. The summed E-state index contributed by atoms with van der Waals surface area (Å²) in [5.74, 6) is -0.0220. The summed E-state index contributed by atoms with van der Waals surface area (Å²) in [6.07, 6.45) is 1.69. The Morgan fingerprint density at radius 1 is 1.46 bits per heavy atom. The van der Waals surface area contributed by atoms with Crippen LogP contribution in [-0.2, 0) is 10.2 Å². The van der Waals surface area contributed by atoms with Crippen molar-refractivity contribution in [2.75, 3.05) is 7.05 Å². The molecular formula is C10H14N2O. The Bertz CT molecular complexity index is 293. The van der Waals surface area contributed by atoms with Gasteiger partial charge in [-0.05, 0) is 26.0 Å². The van der Waals surface area contributed by atoms with Crippen molar-refractivity contribution in [1.82, 2.24) is 10.3 Å². The highest BCUT2D eigenvalue weighted by atomic mass is 16.2. The first-order chi connectivity index (χ1) is 6.09. The lowest BCUT2D eigenvalue weighted by Gasteiger charge is -2.21. The van der Waals surface area contributed by atoms with Crippen LogP contribution >= 0.6 is 0 Å². The maximum absolute atomic E-state index is 11.5. The second-order valence-electron chi connectivity index (χ2n) is 3.42. The number of carbonyl (C=O) groups is 1. The zero-order chi connectivity index (χ0) is 9.90. The van der Waals surface area contributed by atoms with E-state index in [9.17, 15) is 4.79 Å². The predicted octanol–water partition coefficient (Wildman–Crippen LogP) is 1.11. The van der Waals surface area contributed by atoms with Gasteiger partial charge in [-0.2, -0.15) is 0 Å². The van der Waals surface area contributed by atoms with Crippen molar-refractivity contribution < 1.29 is 4.79 Å². The summed E-state index contributed by atoms with van der Waals surface area (Å²) in [5.41, 5.74) is 0.227. The van der Waals surface area contributed by atoms with Gasteiger partial charge in [0.1, 0.15) is 0 Å². The summed E-state index contributed by atoms with van der Waals surface area (Å²) in [5, 5.41) is 2.62. The highest BCUT2D eigenvalue weighted by Crippen LogP contribution is 2.20. The van der Waals surface area contributed by atoms with Gasteiger partial charge < -0.3 is 5.32 Å². The molecule has 1 N–H and O–H groups in total. The van der Waals surface area contributed by atoms with E-state index in [1.54, 1.807) is 13.2 Å². The number of pyridine rings is 1. The summed E-state index contributed by atoms with van der Waals surface area (Å²) in [4.78, 5) is 15.6. The molecule has 0 spiro atoms. The molecule has 3 nitrogen and oxygen atoms in total. The third-order valence-corrected chi connectivity index (χ3v) is 2.10. The third-order valence-electron chi connectivity index (χ3n) is 2.10. The fourth-order valence-electron chi connectivity index (χ4n) is 1.16. The van der Waals surface area contributed by atoms with Crippen molar-refractivity contribution in [2.24, 2.45) is 0 Å². The number of likely N-dealkylation sites (N-methyl/N-ethyl adjacent to an activating group) is 1. The largest absolute Gasteiger partial charge is 0.358 e. The van der Waals surface area contributed by atoms with Crippen LogP contribution < -0.4 is 5.32 Å². The lowest BCUT2D eigenvalue weighted by atomic mass is 9.88. The Kier molecular flexibility index (Phi) is 2.66. The van der Waals surface area contributed by atoms with Gasteiger partial charge in [0.05, 0.1) is 11.1 Å². The Labute approximate surface area is 78.2 Å². The van der Waals surface area contributed by atoms with Crippen molar-refractivity contribution in [3.8, 4) is 0 Å². The summed E-state index contributed by atoms with van der Waals surface area (Å²) < 4.78 is 0. The number of hydrogen-bond acceptors (Lipinski definition) is 2. The molecule has 0 unspecified atom stereocenters. The molecule has 0 aliphatic heterocycles. The van der Waals surface area contributed by atoms with Crippen molar-refractivity contribution in [3.05, 3.63) is 30.1 Å². The first kappa shape index (κ1) is 9.71. The van der Waals surface area contributed by atoms with Gasteiger partial charge in [-0.1, -0.05) is 6.07 Å². The molecule has 0 bridgehead atoms. The summed E-state index contributed by atoms with van der Waals surface area (Å²) in [6, 6.07) is 5.58. The maximum atomic E-state index is 11.5. The van der Waals surface area contributed by atoms with Crippen LogP contribution in [0.15, 0.2) is 24.4 Å². The van der Waals surface area contributed by atoms with E-state index in [2.05, 4.69) is 10.3 Å². The first-order valence-corrected chi connectivity index (χ1v) is 4.22. The molecule has 0 aliphatic rings. The molecule has 1 aromatic heterocycles. The van der Waals surface area contributed by atoms with Crippen LogP contribution in [0.1, 0.15) is 19.5 Å². The molecule has 0 radical (unpaired) electrons. The fraction of sp³-hybridized carbons (Fsp3) is 0.400. The molecule has 0 aromatic carbocycles. The van der Waals surface area contributed by atoms with Crippen LogP contribution in [-0.4, -0.2) is 17.9 Å². The van der Waals surface area contributed by atoms with Gasteiger partial charge in [0.25, 0.3) is 0 Å². The summed E-state index contributed by atoms with van der Waals surface area (Å²) >= 11 is 0. The van der Waals surface area contributed by atoms with E-state index < -0.39 is 5.41 Å². The van der Waals surface area contributed by atoms with E-state index in [4.69, 9.17) is 0 Å². The Morgan fingerprint density at radius 2 is 2.15 bits per heavy atom. The van der Waals surface area contributed by atoms with Crippen molar-refractivity contribution in [2.45, 2.75) is 19.3 Å². The summed E-state index contributed by atoms with van der Waals surface area (Å²) in [6.45, 7) is 3.71. The quantitative estimate of drug-likeness (QED) is 0.737. The Hall–Kier alpha value is -1.38. The van der Waals surface area contributed by atoms with Crippen LogP contribution in [0.2, 0.25) is 0 Å². The average Bonchev–Trinajstić information content (AvgIpc) is 2.18. The number of aromatic nitrogens is 1. The SMILES string of the molecule is CNC(=O)C(C)(C)c1ccccn1. The molecule has 0 atom stereocenters. The van der Waals surface area contributed by atoms with Crippen LogP contribution in [0.25, 0.3) is 0 Å². The van der Waals surface area contributed by atoms with Crippen LogP contribution in [0.3, 0.4) is 0 Å². The topological polar surface area (TPSA) is 42.0 Å². The van der Waals surface area contributed by atoms with Crippen molar-refractivity contribution in [3.63, 3.8) is 0 Å². The molecule has 13 heavy (non-hydrogen) atoms. The molecule has 0 fully saturated rings. The smallest absolute Gasteiger partial charge is 0.231 e. The summed E-state index contributed by atoms with van der Waals surface area (Å²) in [7, 11) is 1.63. The van der Waals surface area contributed by atoms with E-state index in [1.807, 2.05) is 32.0 Å². The standard InChI is InChI=1S/C10H14N2O/c1-10(2,9(13)11-3)8-6-4-5-7-12-8/h4-7H,1-3H3,(H,11,13). The van der Waals surface area contributed by atoms with E-state index in [-0.39, 0.29) is 5.91 Å². The molecule has 70 valence electrons. The number of rotatable bonds is 2. The minimum atomic E-state index is -0.560. The number of amides is 1. The van der Waals surface area contributed by atoms with Crippen LogP contribution in [0.4, 0.5) is 0 Å². The fourth-order valence-corrected chi connectivity index (χ4v) is 1.16. The van der Waals surface area contributed by atoms with Crippen LogP contribution in [0, 0.1) is 0 Å². The Balaban J connectivity index is 3.00. The van der Waals surface area contributed by atoms with Gasteiger partial charge in [0.2, 0.25) is 5.91 Å². The second kappa shape index (κ2) is 3.56. The lowest BCUT2D eigenvalue weighted by molar-refractivity contribution is -0.125. The molecular weight excluding hydrogens is 164 g/mol. The molecule has 1 heterocycles. The highest BCUT2D eigenvalue weighted by Gasteiger charge is 2.29. The molecule has 0 aliphatic carbocycles. The van der Waals surface area contributed by atoms with Gasteiger partial charge in [0, 0.05) is 13.2 Å². The number of carbonyl (C=O) groups excluding carboxylic acids is 1. The lowest BCUT2D eigenvalue weighted by Crippen LogP contribution is -2.38. The van der Waals surface area contributed by atoms with Crippen LogP contribution in [0.5, 0.6) is 0 Å². The average molecular weight is 178 g/mol. The van der Waals surface area contributed by atoms with E-state index in [1.165, 1.54) is 0 Å². The van der Waals surface area contributed by atoms with Gasteiger partial charge in [0.15, 0.2) is 0 Å². The maximum Gasteiger partial charge on any atom is 0.231 e. The van der Waals surface area contributed by atoms with Crippen molar-refractivity contribution in [1.29, 1.82) is 0 Å². The first-order valence-electron chi connectivity index (χ1n) is 4.22. The molecule has 1 rings (SSSR count). The number of nitrogens with one attached hydrogen (secondary N) is 1. The normalized spacial score (nSPS) is 11.0. The zero-order valence-corrected chi connectivity index (χ0v) is 8.16. The van der Waals surface area contributed by atoms with E-state index in [0.29, 0.717) is 0 Å². The molecule has 0 saturated heterocycles. The van der Waals surface area contributed by atoms with Crippen molar-refractivity contribution >= 4 is 5.91 Å². The third kappa shape index (κ3) is 1.86. The highest BCUT2D eigenvalue weighted by molar-refractivity contribution is 5.86. The minimum absolute atomic E-state index is 0.0220. The Morgan fingerprint density at radius 3 is 2.62 bits per heavy atom. The van der Waals surface area contributed by atoms with Gasteiger partial charge in [-0.15, -0.1) is 0 Å². The predicted molar refractivity (Wildman–Crippen MR) is 51.3 cm³/mol. The van der Waals surface area contributed by atoms with Gasteiger partial charge in [-0.25, -0.2) is 0 Å². The number of hydrogen-bond donors (Lipinski definition) is 1. The number of nitrogens with zero attached hydrogens (tertiary/aromatic N) is 1. The van der Waals surface area contributed by atoms with E-state index in [0.717, 1.165) is 5.69 Å². The van der Waals surface area contributed by atoms with E-state index >= 15 is 0 Å². The second-order valence-corrected chi connectivity index (χ2v) is 3.42. The molecule has 3 heteroatoms. The molecule has 0 saturated carbocycles.